The highest BCUT2D eigenvalue weighted by atomic mass is 35.5. The predicted octanol–water partition coefficient (Wildman–Crippen LogP) is 1.35. The average Bonchev–Trinajstić information content (AvgIpc) is 2.43. The molecule has 1 saturated heterocycles. The summed E-state index contributed by atoms with van der Waals surface area (Å²) in [5.41, 5.74) is 0.592. The van der Waals surface area contributed by atoms with Gasteiger partial charge in [-0.3, -0.25) is 9.59 Å². The first-order chi connectivity index (χ1) is 9.95. The number of amides is 2. The molecule has 0 bridgehead atoms. The maximum atomic E-state index is 11.9. The van der Waals surface area contributed by atoms with Gasteiger partial charge in [0.05, 0.1) is 5.25 Å². The van der Waals surface area contributed by atoms with E-state index in [9.17, 15) is 14.4 Å². The van der Waals surface area contributed by atoms with Gasteiger partial charge in [0.25, 0.3) is 0 Å². The number of carbonyl (C=O) groups is 3. The van der Waals surface area contributed by atoms with E-state index in [4.69, 9.17) is 16.7 Å². The first-order valence-corrected chi connectivity index (χ1v) is 7.58. The smallest absolute Gasteiger partial charge is 0.327 e. The zero-order valence-corrected chi connectivity index (χ0v) is 12.4. The Kier molecular flexibility index (Phi) is 5.08. The number of carboxylic acids is 1. The van der Waals surface area contributed by atoms with Gasteiger partial charge >= 0.3 is 5.97 Å². The lowest BCUT2D eigenvalue weighted by molar-refractivity contribution is -0.141. The van der Waals surface area contributed by atoms with Crippen molar-refractivity contribution in [3.05, 3.63) is 29.3 Å². The summed E-state index contributed by atoms with van der Waals surface area (Å²) in [6, 6.07) is 5.73. The molecule has 1 aliphatic heterocycles. The van der Waals surface area contributed by atoms with Crippen LogP contribution in [0.3, 0.4) is 0 Å². The molecule has 0 aromatic heterocycles. The third-order valence-electron chi connectivity index (χ3n) is 2.87. The Morgan fingerprint density at radius 3 is 2.62 bits per heavy atom. The van der Waals surface area contributed by atoms with E-state index in [0.29, 0.717) is 10.7 Å². The lowest BCUT2D eigenvalue weighted by Gasteiger charge is -2.25. The Balaban J connectivity index is 1.87. The van der Waals surface area contributed by atoms with Crippen molar-refractivity contribution < 1.29 is 19.5 Å². The van der Waals surface area contributed by atoms with Crippen molar-refractivity contribution in [2.75, 3.05) is 11.1 Å². The molecule has 0 aliphatic carbocycles. The molecule has 3 N–H and O–H groups in total. The van der Waals surface area contributed by atoms with E-state index in [1.54, 1.807) is 24.3 Å². The summed E-state index contributed by atoms with van der Waals surface area (Å²) in [5, 5.41) is 13.9. The molecule has 112 valence electrons. The molecule has 2 rings (SSSR count). The van der Waals surface area contributed by atoms with Gasteiger partial charge in [0.1, 0.15) is 6.04 Å². The number of aliphatic carboxylic acids is 1. The van der Waals surface area contributed by atoms with Crippen LogP contribution in [0.15, 0.2) is 24.3 Å². The summed E-state index contributed by atoms with van der Waals surface area (Å²) in [5.74, 6) is -1.55. The van der Waals surface area contributed by atoms with E-state index in [1.807, 2.05) is 0 Å². The molecular formula is C13H13ClN2O4S. The summed E-state index contributed by atoms with van der Waals surface area (Å²) in [7, 11) is 0. The van der Waals surface area contributed by atoms with Crippen LogP contribution >= 0.6 is 23.4 Å². The molecule has 0 spiro atoms. The Labute approximate surface area is 130 Å². The van der Waals surface area contributed by atoms with Crippen molar-refractivity contribution in [2.24, 2.45) is 0 Å². The second-order valence-electron chi connectivity index (χ2n) is 4.48. The number of hydrogen-bond donors (Lipinski definition) is 3. The molecule has 0 radical (unpaired) electrons. The number of hydrogen-bond acceptors (Lipinski definition) is 4. The number of rotatable bonds is 4. The van der Waals surface area contributed by atoms with Crippen LogP contribution in [0, 0.1) is 0 Å². The third kappa shape index (κ3) is 4.37. The Morgan fingerprint density at radius 2 is 2.05 bits per heavy atom. The number of thioether (sulfide) groups is 1. The molecule has 2 unspecified atom stereocenters. The Morgan fingerprint density at radius 1 is 1.38 bits per heavy atom. The van der Waals surface area contributed by atoms with Crippen molar-refractivity contribution in [1.29, 1.82) is 0 Å². The van der Waals surface area contributed by atoms with Gasteiger partial charge in [-0.15, -0.1) is 11.8 Å². The number of halogens is 1. The highest BCUT2D eigenvalue weighted by molar-refractivity contribution is 8.00. The van der Waals surface area contributed by atoms with Crippen molar-refractivity contribution in [3.63, 3.8) is 0 Å². The van der Waals surface area contributed by atoms with Crippen LogP contribution < -0.4 is 10.6 Å². The van der Waals surface area contributed by atoms with Crippen LogP contribution in [0.25, 0.3) is 0 Å². The van der Waals surface area contributed by atoms with E-state index in [0.717, 1.165) is 0 Å². The van der Waals surface area contributed by atoms with Gasteiger partial charge in [-0.05, 0) is 24.3 Å². The molecule has 1 fully saturated rings. The molecule has 2 atom stereocenters. The van der Waals surface area contributed by atoms with Crippen molar-refractivity contribution in [3.8, 4) is 0 Å². The van der Waals surface area contributed by atoms with E-state index in [-0.39, 0.29) is 18.1 Å². The second kappa shape index (κ2) is 6.82. The molecule has 1 heterocycles. The van der Waals surface area contributed by atoms with Crippen molar-refractivity contribution in [2.45, 2.75) is 17.7 Å². The molecule has 21 heavy (non-hydrogen) atoms. The molecule has 6 nitrogen and oxygen atoms in total. The summed E-state index contributed by atoms with van der Waals surface area (Å²) in [6.45, 7) is 0. The van der Waals surface area contributed by atoms with Crippen molar-refractivity contribution >= 4 is 46.8 Å². The first-order valence-electron chi connectivity index (χ1n) is 6.16. The first kappa shape index (κ1) is 15.7. The monoisotopic (exact) mass is 328 g/mol. The summed E-state index contributed by atoms with van der Waals surface area (Å²) in [4.78, 5) is 34.4. The highest BCUT2D eigenvalue weighted by Crippen LogP contribution is 2.22. The Bertz CT molecular complexity index is 564. The van der Waals surface area contributed by atoms with Gasteiger partial charge in [-0.25, -0.2) is 4.79 Å². The summed E-state index contributed by atoms with van der Waals surface area (Å²) >= 11 is 6.92. The van der Waals surface area contributed by atoms with E-state index in [1.165, 1.54) is 11.8 Å². The summed E-state index contributed by atoms with van der Waals surface area (Å²) < 4.78 is 0. The van der Waals surface area contributed by atoms with E-state index >= 15 is 0 Å². The van der Waals surface area contributed by atoms with Crippen LogP contribution in [0.1, 0.15) is 6.42 Å². The molecule has 1 aromatic rings. The number of benzene rings is 1. The van der Waals surface area contributed by atoms with Gasteiger partial charge in [0.15, 0.2) is 0 Å². The molecule has 8 heteroatoms. The largest absolute Gasteiger partial charge is 0.480 e. The minimum absolute atomic E-state index is 0.00847. The van der Waals surface area contributed by atoms with Crippen LogP contribution in [0.5, 0.6) is 0 Å². The predicted molar refractivity (Wildman–Crippen MR) is 80.5 cm³/mol. The minimum atomic E-state index is -1.07. The molecule has 0 saturated carbocycles. The normalized spacial score (nSPS) is 21.5. The fourth-order valence-electron chi connectivity index (χ4n) is 1.79. The second-order valence-corrected chi connectivity index (χ2v) is 6.15. The maximum Gasteiger partial charge on any atom is 0.327 e. The van der Waals surface area contributed by atoms with Gasteiger partial charge in [0.2, 0.25) is 11.8 Å². The molecule has 1 aliphatic rings. The van der Waals surface area contributed by atoms with Crippen LogP contribution in [-0.2, 0) is 14.4 Å². The van der Waals surface area contributed by atoms with Gasteiger partial charge in [-0.1, -0.05) is 11.6 Å². The number of carbonyl (C=O) groups excluding carboxylic acids is 2. The van der Waals surface area contributed by atoms with Gasteiger partial charge in [0, 0.05) is 22.9 Å². The standard InChI is InChI=1S/C13H13ClN2O4S/c14-7-1-3-8(4-2-7)15-11(17)5-10-12(18)16-9(6-21-10)13(19)20/h1-4,9-10H,5-6H2,(H,15,17)(H,16,18)(H,19,20). The highest BCUT2D eigenvalue weighted by Gasteiger charge is 2.33. The zero-order valence-electron chi connectivity index (χ0n) is 10.8. The van der Waals surface area contributed by atoms with Crippen molar-refractivity contribution in [1.82, 2.24) is 5.32 Å². The van der Waals surface area contributed by atoms with E-state index in [2.05, 4.69) is 10.6 Å². The van der Waals surface area contributed by atoms with E-state index < -0.39 is 23.2 Å². The number of nitrogens with one attached hydrogen (secondary N) is 2. The van der Waals surface area contributed by atoms with Crippen LogP contribution in [0.2, 0.25) is 5.02 Å². The fourth-order valence-corrected chi connectivity index (χ4v) is 3.06. The average molecular weight is 329 g/mol. The number of anilines is 1. The Hall–Kier alpha value is -1.73. The van der Waals surface area contributed by atoms with Crippen LogP contribution in [-0.4, -0.2) is 39.9 Å². The quantitative estimate of drug-likeness (QED) is 0.775. The van der Waals surface area contributed by atoms with Gasteiger partial charge < -0.3 is 15.7 Å². The zero-order chi connectivity index (χ0) is 15.4. The third-order valence-corrected chi connectivity index (χ3v) is 4.43. The topological polar surface area (TPSA) is 95.5 Å². The fraction of sp³-hybridized carbons (Fsp3) is 0.308. The maximum absolute atomic E-state index is 11.9. The molecule has 2 amide bonds. The SMILES string of the molecule is O=C(CC1SCC(C(=O)O)NC1=O)Nc1ccc(Cl)cc1. The molecule has 1 aromatic carbocycles. The summed E-state index contributed by atoms with van der Waals surface area (Å²) in [6.07, 6.45) is -0.00847. The molecular weight excluding hydrogens is 316 g/mol. The number of carboxylic acid groups (broad SMARTS) is 1. The van der Waals surface area contributed by atoms with Gasteiger partial charge in [-0.2, -0.15) is 0 Å². The van der Waals surface area contributed by atoms with Crippen LogP contribution in [0.4, 0.5) is 5.69 Å². The minimum Gasteiger partial charge on any atom is -0.480 e. The lowest BCUT2D eigenvalue weighted by atomic mass is 10.2. The lowest BCUT2D eigenvalue weighted by Crippen LogP contribution is -2.51.